The summed E-state index contributed by atoms with van der Waals surface area (Å²) in [6.07, 6.45) is 4.41. The minimum Gasteiger partial charge on any atom is -0.450 e. The van der Waals surface area contributed by atoms with Gasteiger partial charge in [0.25, 0.3) is 5.91 Å². The number of aromatic nitrogens is 1. The second-order valence-corrected chi connectivity index (χ2v) is 9.45. The summed E-state index contributed by atoms with van der Waals surface area (Å²) < 4.78 is 12.5. The van der Waals surface area contributed by atoms with Crippen molar-refractivity contribution in [3.63, 3.8) is 0 Å². The van der Waals surface area contributed by atoms with Crippen LogP contribution in [0.5, 0.6) is 0 Å². The standard InChI is InChI=1S/C23H36N4O5/c1-5-31-21(29)24-17-8-6-12-26(16-17)20(28)19-9-7-13-27(19)18-10-14-25(15-11-18)22(30)32-23(2,3)4/h7,9,13,17-18H,5-6,8,10-12,14-16H2,1-4H3,(H,24,29). The maximum atomic E-state index is 13.3. The summed E-state index contributed by atoms with van der Waals surface area (Å²) in [6.45, 7) is 10.0. The molecule has 2 saturated heterocycles. The molecule has 0 radical (unpaired) electrons. The zero-order valence-corrected chi connectivity index (χ0v) is 19.6. The predicted octanol–water partition coefficient (Wildman–Crippen LogP) is 3.41. The summed E-state index contributed by atoms with van der Waals surface area (Å²) in [5.74, 6) is -0.0278. The van der Waals surface area contributed by atoms with Crippen LogP contribution in [0.25, 0.3) is 0 Å². The van der Waals surface area contributed by atoms with E-state index < -0.39 is 11.7 Å². The van der Waals surface area contributed by atoms with Gasteiger partial charge in [0.15, 0.2) is 0 Å². The fourth-order valence-electron chi connectivity index (χ4n) is 4.33. The molecule has 0 bridgehead atoms. The van der Waals surface area contributed by atoms with Crippen molar-refractivity contribution in [2.45, 2.75) is 71.1 Å². The van der Waals surface area contributed by atoms with Crippen LogP contribution in [0.2, 0.25) is 0 Å². The molecule has 1 aromatic rings. The first-order valence-corrected chi connectivity index (χ1v) is 11.5. The van der Waals surface area contributed by atoms with E-state index in [-0.39, 0.29) is 24.1 Å². The summed E-state index contributed by atoms with van der Waals surface area (Å²) >= 11 is 0. The quantitative estimate of drug-likeness (QED) is 0.762. The van der Waals surface area contributed by atoms with Gasteiger partial charge in [0.2, 0.25) is 0 Å². The summed E-state index contributed by atoms with van der Waals surface area (Å²) in [5.41, 5.74) is 0.139. The Bertz CT molecular complexity index is 808. The van der Waals surface area contributed by atoms with E-state index in [2.05, 4.69) is 5.32 Å². The smallest absolute Gasteiger partial charge is 0.410 e. The zero-order valence-electron chi connectivity index (χ0n) is 19.6. The highest BCUT2D eigenvalue weighted by atomic mass is 16.6. The van der Waals surface area contributed by atoms with E-state index in [1.165, 1.54) is 0 Å². The lowest BCUT2D eigenvalue weighted by Crippen LogP contribution is -2.50. The van der Waals surface area contributed by atoms with Gasteiger partial charge in [-0.05, 0) is 65.5 Å². The molecule has 9 heteroatoms. The molecule has 9 nitrogen and oxygen atoms in total. The van der Waals surface area contributed by atoms with Gasteiger partial charge in [-0.1, -0.05) is 0 Å². The second kappa shape index (κ2) is 10.3. The Hall–Kier alpha value is -2.71. The number of rotatable bonds is 4. The number of carbonyl (C=O) groups excluding carboxylic acids is 3. The van der Waals surface area contributed by atoms with Gasteiger partial charge in [-0.25, -0.2) is 9.59 Å². The molecular formula is C23H36N4O5. The van der Waals surface area contributed by atoms with E-state index in [4.69, 9.17) is 9.47 Å². The monoisotopic (exact) mass is 448 g/mol. The summed E-state index contributed by atoms with van der Waals surface area (Å²) in [7, 11) is 0. The number of nitrogens with zero attached hydrogens (tertiary/aromatic N) is 3. The van der Waals surface area contributed by atoms with Gasteiger partial charge in [-0.3, -0.25) is 4.79 Å². The molecule has 1 unspecified atom stereocenters. The van der Waals surface area contributed by atoms with Crippen molar-refractivity contribution in [2.24, 2.45) is 0 Å². The topological polar surface area (TPSA) is 93.1 Å². The third-order valence-electron chi connectivity index (χ3n) is 5.81. The van der Waals surface area contributed by atoms with Gasteiger partial charge >= 0.3 is 12.2 Å². The summed E-state index contributed by atoms with van der Waals surface area (Å²) in [6, 6.07) is 3.80. The lowest BCUT2D eigenvalue weighted by atomic mass is 10.0. The Morgan fingerprint density at radius 1 is 1.09 bits per heavy atom. The Labute approximate surface area is 190 Å². The van der Waals surface area contributed by atoms with Crippen molar-refractivity contribution in [2.75, 3.05) is 32.8 Å². The number of alkyl carbamates (subject to hydrolysis) is 1. The van der Waals surface area contributed by atoms with Crippen LogP contribution in [-0.2, 0) is 9.47 Å². The maximum absolute atomic E-state index is 13.3. The van der Waals surface area contributed by atoms with E-state index in [9.17, 15) is 14.4 Å². The van der Waals surface area contributed by atoms with E-state index in [0.717, 1.165) is 25.7 Å². The first-order chi connectivity index (χ1) is 15.2. The van der Waals surface area contributed by atoms with Gasteiger partial charge in [-0.15, -0.1) is 0 Å². The average molecular weight is 449 g/mol. The van der Waals surface area contributed by atoms with Crippen LogP contribution < -0.4 is 5.32 Å². The van der Waals surface area contributed by atoms with E-state index in [1.54, 1.807) is 11.8 Å². The molecule has 0 aliphatic carbocycles. The Morgan fingerprint density at radius 2 is 1.81 bits per heavy atom. The number of amides is 3. The van der Waals surface area contributed by atoms with Crippen LogP contribution in [-0.4, -0.2) is 76.9 Å². The SMILES string of the molecule is CCOC(=O)NC1CCCN(C(=O)c2cccn2C2CCN(C(=O)OC(C)(C)C)CC2)C1. The number of piperidine rings is 2. The average Bonchev–Trinajstić information content (AvgIpc) is 3.22. The van der Waals surface area contributed by atoms with Crippen molar-refractivity contribution in [1.82, 2.24) is 19.7 Å². The van der Waals surface area contributed by atoms with Crippen molar-refractivity contribution in [1.29, 1.82) is 0 Å². The Kier molecular flexibility index (Phi) is 7.69. The third-order valence-corrected chi connectivity index (χ3v) is 5.81. The third kappa shape index (κ3) is 6.17. The molecule has 3 rings (SSSR count). The number of hydrogen-bond donors (Lipinski definition) is 1. The highest BCUT2D eigenvalue weighted by Gasteiger charge is 2.31. The van der Waals surface area contributed by atoms with Crippen molar-refractivity contribution in [3.8, 4) is 0 Å². The molecule has 3 amide bonds. The van der Waals surface area contributed by atoms with Gasteiger partial charge in [0.05, 0.1) is 6.61 Å². The highest BCUT2D eigenvalue weighted by Crippen LogP contribution is 2.27. The van der Waals surface area contributed by atoms with Gasteiger partial charge in [0, 0.05) is 44.5 Å². The van der Waals surface area contributed by atoms with Crippen LogP contribution >= 0.6 is 0 Å². The lowest BCUT2D eigenvalue weighted by molar-refractivity contribution is 0.0186. The summed E-state index contributed by atoms with van der Waals surface area (Å²) in [5, 5.41) is 2.85. The van der Waals surface area contributed by atoms with Gasteiger partial charge in [-0.2, -0.15) is 0 Å². The molecule has 178 valence electrons. The summed E-state index contributed by atoms with van der Waals surface area (Å²) in [4.78, 5) is 40.9. The number of likely N-dealkylation sites (tertiary alicyclic amines) is 2. The molecular weight excluding hydrogens is 412 g/mol. The second-order valence-electron chi connectivity index (χ2n) is 9.45. The largest absolute Gasteiger partial charge is 0.450 e. The maximum Gasteiger partial charge on any atom is 0.410 e. The molecule has 1 atom stereocenters. The van der Waals surface area contributed by atoms with Crippen LogP contribution in [0.4, 0.5) is 9.59 Å². The number of nitrogens with one attached hydrogen (secondary N) is 1. The molecule has 0 saturated carbocycles. The number of hydrogen-bond acceptors (Lipinski definition) is 5. The molecule has 2 aliphatic heterocycles. The number of carbonyl (C=O) groups is 3. The fourth-order valence-corrected chi connectivity index (χ4v) is 4.33. The first kappa shape index (κ1) is 23.9. The zero-order chi connectivity index (χ0) is 23.3. The van der Waals surface area contributed by atoms with Crippen LogP contribution in [0.1, 0.15) is 69.9 Å². The lowest BCUT2D eigenvalue weighted by Gasteiger charge is -2.36. The van der Waals surface area contributed by atoms with Crippen molar-refractivity contribution < 1.29 is 23.9 Å². The predicted molar refractivity (Wildman–Crippen MR) is 120 cm³/mol. The fraction of sp³-hybridized carbons (Fsp3) is 0.696. The molecule has 1 N–H and O–H groups in total. The highest BCUT2D eigenvalue weighted by molar-refractivity contribution is 5.93. The van der Waals surface area contributed by atoms with E-state index in [0.29, 0.717) is 38.5 Å². The van der Waals surface area contributed by atoms with Crippen molar-refractivity contribution in [3.05, 3.63) is 24.0 Å². The molecule has 2 aliphatic rings. The van der Waals surface area contributed by atoms with Crippen LogP contribution in [0, 0.1) is 0 Å². The van der Waals surface area contributed by atoms with E-state index >= 15 is 0 Å². The Morgan fingerprint density at radius 3 is 2.47 bits per heavy atom. The normalized spacial score (nSPS) is 20.1. The minimum atomic E-state index is -0.512. The molecule has 2 fully saturated rings. The molecule has 32 heavy (non-hydrogen) atoms. The van der Waals surface area contributed by atoms with Crippen LogP contribution in [0.15, 0.2) is 18.3 Å². The Balaban J connectivity index is 1.59. The van der Waals surface area contributed by atoms with Crippen molar-refractivity contribution >= 4 is 18.1 Å². The number of ether oxygens (including phenoxy) is 2. The van der Waals surface area contributed by atoms with E-state index in [1.807, 2.05) is 48.6 Å². The molecule has 3 heterocycles. The minimum absolute atomic E-state index is 0.0278. The van der Waals surface area contributed by atoms with Gasteiger partial charge in [0.1, 0.15) is 11.3 Å². The molecule has 0 spiro atoms. The van der Waals surface area contributed by atoms with Gasteiger partial charge < -0.3 is 29.2 Å². The molecule has 1 aromatic heterocycles. The van der Waals surface area contributed by atoms with Crippen LogP contribution in [0.3, 0.4) is 0 Å². The first-order valence-electron chi connectivity index (χ1n) is 11.5. The molecule has 0 aromatic carbocycles.